The van der Waals surface area contributed by atoms with Gasteiger partial charge in [-0.2, -0.15) is 0 Å². The zero-order valence-electron chi connectivity index (χ0n) is 14.2. The fourth-order valence-corrected chi connectivity index (χ4v) is 2.25. The van der Waals surface area contributed by atoms with Crippen LogP contribution >= 0.6 is 0 Å². The summed E-state index contributed by atoms with van der Waals surface area (Å²) in [5.74, 6) is -1.96. The van der Waals surface area contributed by atoms with E-state index in [-0.39, 0.29) is 19.6 Å². The first kappa shape index (κ1) is 20.4. The molecule has 6 nitrogen and oxygen atoms in total. The van der Waals surface area contributed by atoms with Gasteiger partial charge < -0.3 is 14.8 Å². The molecule has 0 aromatic heterocycles. The van der Waals surface area contributed by atoms with Crippen LogP contribution in [0.3, 0.4) is 0 Å². The van der Waals surface area contributed by atoms with Crippen molar-refractivity contribution in [3.05, 3.63) is 0 Å². The molecule has 0 fully saturated rings. The molecule has 0 aromatic rings. The van der Waals surface area contributed by atoms with Crippen molar-refractivity contribution in [3.63, 3.8) is 0 Å². The second-order valence-electron chi connectivity index (χ2n) is 5.19. The van der Waals surface area contributed by atoms with E-state index in [1.165, 1.54) is 6.92 Å². The number of ether oxygens (including phenoxy) is 2. The van der Waals surface area contributed by atoms with Gasteiger partial charge in [0, 0.05) is 6.92 Å². The Hall–Kier alpha value is -1.59. The van der Waals surface area contributed by atoms with Gasteiger partial charge in [0.1, 0.15) is 0 Å². The summed E-state index contributed by atoms with van der Waals surface area (Å²) < 4.78 is 10.00. The van der Waals surface area contributed by atoms with Crippen molar-refractivity contribution in [1.82, 2.24) is 5.32 Å². The van der Waals surface area contributed by atoms with Crippen LogP contribution in [0.1, 0.15) is 66.2 Å². The molecule has 0 saturated heterocycles. The first-order valence-electron chi connectivity index (χ1n) is 8.07. The monoisotopic (exact) mass is 315 g/mol. The van der Waals surface area contributed by atoms with Gasteiger partial charge in [-0.1, -0.05) is 32.6 Å². The summed E-state index contributed by atoms with van der Waals surface area (Å²) in [7, 11) is 0. The van der Waals surface area contributed by atoms with Gasteiger partial charge in [0.25, 0.3) is 0 Å². The molecular formula is C16H29NO5. The molecule has 6 heteroatoms. The van der Waals surface area contributed by atoms with Crippen LogP contribution in [-0.4, -0.2) is 36.6 Å². The molecule has 0 spiro atoms. The van der Waals surface area contributed by atoms with Crippen molar-refractivity contribution in [1.29, 1.82) is 0 Å². The van der Waals surface area contributed by atoms with Gasteiger partial charge in [-0.05, 0) is 26.7 Å². The third kappa shape index (κ3) is 6.45. The summed E-state index contributed by atoms with van der Waals surface area (Å²) in [6.07, 6.45) is 4.94. The number of hydrogen-bond donors (Lipinski definition) is 1. The van der Waals surface area contributed by atoms with Crippen molar-refractivity contribution in [2.24, 2.45) is 0 Å². The van der Waals surface area contributed by atoms with Crippen molar-refractivity contribution in [3.8, 4) is 0 Å². The lowest BCUT2D eigenvalue weighted by atomic mass is 9.91. The van der Waals surface area contributed by atoms with E-state index >= 15 is 0 Å². The van der Waals surface area contributed by atoms with Gasteiger partial charge in [0.15, 0.2) is 0 Å². The third-order valence-electron chi connectivity index (χ3n) is 3.29. The number of nitrogens with one attached hydrogen (secondary N) is 1. The summed E-state index contributed by atoms with van der Waals surface area (Å²) in [4.78, 5) is 36.1. The smallest absolute Gasteiger partial charge is 0.343 e. The topological polar surface area (TPSA) is 81.7 Å². The highest BCUT2D eigenvalue weighted by atomic mass is 16.6. The van der Waals surface area contributed by atoms with Crippen LogP contribution in [0.2, 0.25) is 0 Å². The SMILES string of the molecule is CCCCCCCC(NC(C)=O)(C(=O)OCC)C(=O)OCC. The molecule has 0 rings (SSSR count). The molecule has 0 aliphatic heterocycles. The molecule has 0 aromatic carbocycles. The van der Waals surface area contributed by atoms with Crippen LogP contribution in [-0.2, 0) is 23.9 Å². The van der Waals surface area contributed by atoms with Gasteiger partial charge in [-0.15, -0.1) is 0 Å². The zero-order chi connectivity index (χ0) is 17.0. The number of unbranched alkanes of at least 4 members (excludes halogenated alkanes) is 4. The fourth-order valence-electron chi connectivity index (χ4n) is 2.25. The van der Waals surface area contributed by atoms with E-state index in [0.717, 1.165) is 25.7 Å². The number of rotatable bonds is 11. The quantitative estimate of drug-likeness (QED) is 0.359. The number of amides is 1. The minimum atomic E-state index is -1.73. The summed E-state index contributed by atoms with van der Waals surface area (Å²) in [5, 5.41) is 2.47. The van der Waals surface area contributed by atoms with Gasteiger partial charge in [-0.25, -0.2) is 9.59 Å². The van der Waals surface area contributed by atoms with E-state index < -0.39 is 23.4 Å². The maximum Gasteiger partial charge on any atom is 0.343 e. The molecule has 0 bridgehead atoms. The van der Waals surface area contributed by atoms with Crippen molar-refractivity contribution >= 4 is 17.8 Å². The summed E-state index contributed by atoms with van der Waals surface area (Å²) in [6.45, 7) is 6.96. The van der Waals surface area contributed by atoms with Gasteiger partial charge in [0.05, 0.1) is 13.2 Å². The highest BCUT2D eigenvalue weighted by molar-refractivity contribution is 6.07. The standard InChI is InChI=1S/C16H29NO5/c1-5-8-9-10-11-12-16(17-13(4)18,14(19)21-6-2)15(20)22-7-3/h5-12H2,1-4H3,(H,17,18). The van der Waals surface area contributed by atoms with E-state index in [2.05, 4.69) is 12.2 Å². The minimum Gasteiger partial charge on any atom is -0.464 e. The largest absolute Gasteiger partial charge is 0.464 e. The Morgan fingerprint density at radius 3 is 1.77 bits per heavy atom. The molecule has 0 radical (unpaired) electrons. The summed E-state index contributed by atoms with van der Waals surface area (Å²) in [5.41, 5.74) is -1.73. The molecule has 0 aliphatic carbocycles. The average Bonchev–Trinajstić information content (AvgIpc) is 2.45. The molecule has 1 amide bonds. The van der Waals surface area contributed by atoms with Crippen LogP contribution in [0.15, 0.2) is 0 Å². The first-order chi connectivity index (χ1) is 10.4. The van der Waals surface area contributed by atoms with Gasteiger partial charge >= 0.3 is 11.9 Å². The number of hydrogen-bond acceptors (Lipinski definition) is 5. The molecule has 0 atom stereocenters. The lowest BCUT2D eigenvalue weighted by Crippen LogP contribution is -2.61. The van der Waals surface area contributed by atoms with Crippen LogP contribution in [0.4, 0.5) is 0 Å². The summed E-state index contributed by atoms with van der Waals surface area (Å²) >= 11 is 0. The number of esters is 2. The van der Waals surface area contributed by atoms with Crippen LogP contribution in [0, 0.1) is 0 Å². The Bertz CT molecular complexity index is 350. The lowest BCUT2D eigenvalue weighted by molar-refractivity contribution is -0.168. The maximum atomic E-state index is 12.3. The average molecular weight is 315 g/mol. The Balaban J connectivity index is 5.13. The van der Waals surface area contributed by atoms with Crippen molar-refractivity contribution in [2.45, 2.75) is 71.8 Å². The predicted molar refractivity (Wildman–Crippen MR) is 83.2 cm³/mol. The molecule has 22 heavy (non-hydrogen) atoms. The molecule has 0 heterocycles. The Morgan fingerprint density at radius 1 is 0.864 bits per heavy atom. The van der Waals surface area contributed by atoms with E-state index in [4.69, 9.17) is 9.47 Å². The van der Waals surface area contributed by atoms with E-state index in [1.807, 2.05) is 0 Å². The van der Waals surface area contributed by atoms with Crippen molar-refractivity contribution in [2.75, 3.05) is 13.2 Å². The second kappa shape index (κ2) is 11.0. The third-order valence-corrected chi connectivity index (χ3v) is 3.29. The Kier molecular flexibility index (Phi) is 10.2. The maximum absolute atomic E-state index is 12.3. The highest BCUT2D eigenvalue weighted by Gasteiger charge is 2.49. The van der Waals surface area contributed by atoms with Gasteiger partial charge in [0.2, 0.25) is 11.4 Å². The zero-order valence-corrected chi connectivity index (χ0v) is 14.2. The van der Waals surface area contributed by atoms with E-state index in [1.54, 1.807) is 13.8 Å². The lowest BCUT2D eigenvalue weighted by Gasteiger charge is -2.29. The Morgan fingerprint density at radius 2 is 1.36 bits per heavy atom. The van der Waals surface area contributed by atoms with E-state index in [9.17, 15) is 14.4 Å². The normalized spacial score (nSPS) is 10.9. The van der Waals surface area contributed by atoms with Gasteiger partial charge in [-0.3, -0.25) is 4.79 Å². The van der Waals surface area contributed by atoms with Crippen molar-refractivity contribution < 1.29 is 23.9 Å². The Labute approximate surface area is 132 Å². The van der Waals surface area contributed by atoms with E-state index in [0.29, 0.717) is 6.42 Å². The molecule has 1 N–H and O–H groups in total. The van der Waals surface area contributed by atoms with Crippen LogP contribution in [0.5, 0.6) is 0 Å². The van der Waals surface area contributed by atoms with Crippen LogP contribution < -0.4 is 5.32 Å². The molecule has 0 saturated carbocycles. The molecule has 0 aliphatic rings. The minimum absolute atomic E-state index is 0.134. The number of carbonyl (C=O) groups is 3. The highest BCUT2D eigenvalue weighted by Crippen LogP contribution is 2.21. The molecule has 0 unspecified atom stereocenters. The second-order valence-corrected chi connectivity index (χ2v) is 5.19. The summed E-state index contributed by atoms with van der Waals surface area (Å²) in [6, 6.07) is 0. The van der Waals surface area contributed by atoms with Crippen LogP contribution in [0.25, 0.3) is 0 Å². The predicted octanol–water partition coefficient (Wildman–Crippen LogP) is 2.35. The molecule has 128 valence electrons. The molecular weight excluding hydrogens is 286 g/mol. The first-order valence-corrected chi connectivity index (χ1v) is 8.07. The number of carbonyl (C=O) groups excluding carboxylic acids is 3. The fraction of sp³-hybridized carbons (Fsp3) is 0.812.